The van der Waals surface area contributed by atoms with Crippen LogP contribution >= 0.6 is 0 Å². The first-order valence-electron chi connectivity index (χ1n) is 7.39. The lowest BCUT2D eigenvalue weighted by atomic mass is 10.2. The topological polar surface area (TPSA) is 77.2 Å². The second-order valence-electron chi connectivity index (χ2n) is 5.61. The summed E-state index contributed by atoms with van der Waals surface area (Å²) in [4.78, 5) is 16.5. The van der Waals surface area contributed by atoms with Crippen LogP contribution in [0.1, 0.15) is 28.3 Å². The van der Waals surface area contributed by atoms with Crippen LogP contribution in [-0.2, 0) is 0 Å². The summed E-state index contributed by atoms with van der Waals surface area (Å²) in [6.45, 7) is 6.72. The first-order valence-corrected chi connectivity index (χ1v) is 7.39. The fraction of sp³-hybridized carbons (Fsp3) is 0.667. The van der Waals surface area contributed by atoms with E-state index in [2.05, 4.69) is 4.90 Å². The number of carbonyl (C=O) groups excluding carboxylic acids is 1. The smallest absolute Gasteiger partial charge is 0.257 e. The van der Waals surface area contributed by atoms with Gasteiger partial charge in [0.2, 0.25) is 0 Å². The minimum atomic E-state index is -0.717. The second-order valence-corrected chi connectivity index (χ2v) is 5.61. The molecule has 0 aromatic carbocycles. The van der Waals surface area contributed by atoms with E-state index in [0.717, 1.165) is 18.7 Å². The first kappa shape index (κ1) is 16.0. The average Bonchev–Trinajstić information content (AvgIpc) is 2.65. The Kier molecular flexibility index (Phi) is 5.39. The van der Waals surface area contributed by atoms with Crippen LogP contribution in [0, 0.1) is 13.8 Å². The Labute approximate surface area is 125 Å². The number of amides is 1. The molecule has 1 aromatic rings. The van der Waals surface area contributed by atoms with Gasteiger partial charge < -0.3 is 19.5 Å². The maximum Gasteiger partial charge on any atom is 0.257 e. The molecule has 0 saturated carbocycles. The molecule has 1 atom stereocenters. The SMILES string of the molecule is Cc1cc(C(=O)N2CCCN(CC(O)CO)CC2)c(C)o1. The van der Waals surface area contributed by atoms with Crippen LogP contribution in [0.2, 0.25) is 0 Å². The molecule has 1 aliphatic rings. The van der Waals surface area contributed by atoms with E-state index in [4.69, 9.17) is 9.52 Å². The minimum Gasteiger partial charge on any atom is -0.466 e. The van der Waals surface area contributed by atoms with Gasteiger partial charge in [-0.15, -0.1) is 0 Å². The van der Waals surface area contributed by atoms with Crippen molar-refractivity contribution in [1.29, 1.82) is 0 Å². The maximum atomic E-state index is 12.5. The molecule has 6 heteroatoms. The van der Waals surface area contributed by atoms with Crippen molar-refractivity contribution in [2.24, 2.45) is 0 Å². The van der Waals surface area contributed by atoms with Gasteiger partial charge in [0.15, 0.2) is 0 Å². The molecular weight excluding hydrogens is 272 g/mol. The Balaban J connectivity index is 1.96. The van der Waals surface area contributed by atoms with E-state index in [0.29, 0.717) is 37.5 Å². The summed E-state index contributed by atoms with van der Waals surface area (Å²) < 4.78 is 5.43. The number of hydrogen-bond acceptors (Lipinski definition) is 5. The maximum absolute atomic E-state index is 12.5. The number of nitrogens with zero attached hydrogens (tertiary/aromatic N) is 2. The molecule has 2 heterocycles. The second kappa shape index (κ2) is 7.06. The van der Waals surface area contributed by atoms with Gasteiger partial charge in [-0.2, -0.15) is 0 Å². The molecule has 1 unspecified atom stereocenters. The lowest BCUT2D eigenvalue weighted by molar-refractivity contribution is 0.0592. The van der Waals surface area contributed by atoms with Gasteiger partial charge in [0.05, 0.1) is 18.3 Å². The summed E-state index contributed by atoms with van der Waals surface area (Å²) in [5, 5.41) is 18.4. The molecule has 1 saturated heterocycles. The third kappa shape index (κ3) is 4.06. The first-order chi connectivity index (χ1) is 10.0. The minimum absolute atomic E-state index is 0.00825. The van der Waals surface area contributed by atoms with Crippen LogP contribution in [-0.4, -0.2) is 71.4 Å². The zero-order chi connectivity index (χ0) is 15.4. The highest BCUT2D eigenvalue weighted by Gasteiger charge is 2.23. The van der Waals surface area contributed by atoms with Crippen molar-refractivity contribution in [2.45, 2.75) is 26.4 Å². The number of aliphatic hydroxyl groups is 2. The van der Waals surface area contributed by atoms with Gasteiger partial charge in [0.1, 0.15) is 11.5 Å². The van der Waals surface area contributed by atoms with Crippen LogP contribution in [0.15, 0.2) is 10.5 Å². The Morgan fingerprint density at radius 3 is 2.71 bits per heavy atom. The highest BCUT2D eigenvalue weighted by atomic mass is 16.3. The van der Waals surface area contributed by atoms with Gasteiger partial charge in [0.25, 0.3) is 5.91 Å². The number of carbonyl (C=O) groups is 1. The molecule has 21 heavy (non-hydrogen) atoms. The number of aliphatic hydroxyl groups excluding tert-OH is 2. The van der Waals surface area contributed by atoms with Crippen LogP contribution in [0.4, 0.5) is 0 Å². The summed E-state index contributed by atoms with van der Waals surface area (Å²) >= 11 is 0. The number of β-amino-alcohol motifs (C(OH)–C–C–N with tert-alkyl or cyclic N) is 1. The summed E-state index contributed by atoms with van der Waals surface area (Å²) in [5.41, 5.74) is 0.636. The fourth-order valence-corrected chi connectivity index (χ4v) is 2.73. The molecule has 0 radical (unpaired) electrons. The predicted molar refractivity (Wildman–Crippen MR) is 78.2 cm³/mol. The van der Waals surface area contributed by atoms with Crippen LogP contribution in [0.25, 0.3) is 0 Å². The molecule has 0 spiro atoms. The van der Waals surface area contributed by atoms with E-state index in [1.54, 1.807) is 6.07 Å². The highest BCUT2D eigenvalue weighted by molar-refractivity contribution is 5.95. The predicted octanol–water partition coefficient (Wildman–Crippen LogP) is 0.398. The molecule has 2 rings (SSSR count). The van der Waals surface area contributed by atoms with Crippen molar-refractivity contribution in [2.75, 3.05) is 39.3 Å². The van der Waals surface area contributed by atoms with Crippen molar-refractivity contribution in [1.82, 2.24) is 9.80 Å². The van der Waals surface area contributed by atoms with E-state index < -0.39 is 6.10 Å². The summed E-state index contributed by atoms with van der Waals surface area (Å²) in [6, 6.07) is 1.79. The van der Waals surface area contributed by atoms with E-state index >= 15 is 0 Å². The highest BCUT2D eigenvalue weighted by Crippen LogP contribution is 2.17. The van der Waals surface area contributed by atoms with Gasteiger partial charge in [-0.05, 0) is 32.9 Å². The molecule has 118 valence electrons. The molecule has 1 amide bonds. The number of hydrogen-bond donors (Lipinski definition) is 2. The molecule has 6 nitrogen and oxygen atoms in total. The third-order valence-corrected chi connectivity index (χ3v) is 3.83. The van der Waals surface area contributed by atoms with Crippen molar-refractivity contribution in [3.05, 3.63) is 23.2 Å². The van der Waals surface area contributed by atoms with E-state index in [9.17, 15) is 9.90 Å². The Bertz CT molecular complexity index is 486. The van der Waals surface area contributed by atoms with Crippen molar-refractivity contribution >= 4 is 5.91 Å². The molecule has 1 aliphatic heterocycles. The van der Waals surface area contributed by atoms with Crippen molar-refractivity contribution < 1.29 is 19.4 Å². The molecule has 0 bridgehead atoms. The van der Waals surface area contributed by atoms with Gasteiger partial charge in [-0.25, -0.2) is 0 Å². The van der Waals surface area contributed by atoms with Crippen LogP contribution < -0.4 is 0 Å². The quantitative estimate of drug-likeness (QED) is 0.841. The summed E-state index contributed by atoms with van der Waals surface area (Å²) in [5.74, 6) is 1.42. The van der Waals surface area contributed by atoms with E-state index in [1.807, 2.05) is 18.7 Å². The van der Waals surface area contributed by atoms with Crippen molar-refractivity contribution in [3.63, 3.8) is 0 Å². The van der Waals surface area contributed by atoms with Gasteiger partial charge in [-0.1, -0.05) is 0 Å². The lowest BCUT2D eigenvalue weighted by Crippen LogP contribution is -2.38. The molecule has 1 fully saturated rings. The zero-order valence-corrected chi connectivity index (χ0v) is 12.7. The molecule has 2 N–H and O–H groups in total. The van der Waals surface area contributed by atoms with Crippen molar-refractivity contribution in [3.8, 4) is 0 Å². The largest absolute Gasteiger partial charge is 0.466 e. The summed E-state index contributed by atoms with van der Waals surface area (Å²) in [6.07, 6.45) is 0.144. The molecular formula is C15H24N2O4. The van der Waals surface area contributed by atoms with Crippen LogP contribution in [0.3, 0.4) is 0 Å². The van der Waals surface area contributed by atoms with Gasteiger partial charge in [0, 0.05) is 26.2 Å². The average molecular weight is 296 g/mol. The third-order valence-electron chi connectivity index (χ3n) is 3.83. The fourth-order valence-electron chi connectivity index (χ4n) is 2.73. The van der Waals surface area contributed by atoms with Gasteiger partial charge in [-0.3, -0.25) is 9.69 Å². The van der Waals surface area contributed by atoms with E-state index in [1.165, 1.54) is 0 Å². The number of aryl methyl sites for hydroxylation is 2. The molecule has 0 aliphatic carbocycles. The van der Waals surface area contributed by atoms with Gasteiger partial charge >= 0.3 is 0 Å². The Hall–Kier alpha value is -1.37. The zero-order valence-electron chi connectivity index (χ0n) is 12.7. The molecule has 1 aromatic heterocycles. The Morgan fingerprint density at radius 2 is 2.10 bits per heavy atom. The Morgan fingerprint density at radius 1 is 1.33 bits per heavy atom. The number of rotatable bonds is 4. The monoisotopic (exact) mass is 296 g/mol. The van der Waals surface area contributed by atoms with E-state index in [-0.39, 0.29) is 12.5 Å². The normalized spacial score (nSPS) is 18.6. The van der Waals surface area contributed by atoms with Crippen LogP contribution in [0.5, 0.6) is 0 Å². The standard InChI is InChI=1S/C15H24N2O4/c1-11-8-14(12(2)21-11)15(20)17-5-3-4-16(6-7-17)9-13(19)10-18/h8,13,18-19H,3-7,9-10H2,1-2H3. The summed E-state index contributed by atoms with van der Waals surface area (Å²) in [7, 11) is 0. The lowest BCUT2D eigenvalue weighted by Gasteiger charge is -2.23. The number of furan rings is 1.